The molecule has 3 aromatic heterocycles. The van der Waals surface area contributed by atoms with Gasteiger partial charge in [0.1, 0.15) is 11.5 Å². The van der Waals surface area contributed by atoms with Crippen molar-refractivity contribution in [2.24, 2.45) is 7.05 Å². The van der Waals surface area contributed by atoms with Gasteiger partial charge >= 0.3 is 0 Å². The van der Waals surface area contributed by atoms with Gasteiger partial charge in [0.15, 0.2) is 5.13 Å². The lowest BCUT2D eigenvalue weighted by Crippen LogP contribution is -2.15. The minimum atomic E-state index is -0.167. The fourth-order valence-electron chi connectivity index (χ4n) is 2.76. The lowest BCUT2D eigenvalue weighted by Gasteiger charge is -2.03. The summed E-state index contributed by atoms with van der Waals surface area (Å²) in [4.78, 5) is 21.2. The van der Waals surface area contributed by atoms with Gasteiger partial charge in [-0.25, -0.2) is 9.97 Å². The van der Waals surface area contributed by atoms with Crippen LogP contribution in [0, 0.1) is 0 Å². The van der Waals surface area contributed by atoms with Gasteiger partial charge < -0.3 is 8.98 Å². The molecule has 8 heteroatoms. The summed E-state index contributed by atoms with van der Waals surface area (Å²) in [6.45, 7) is 2.03. The molecule has 0 aliphatic carbocycles. The molecule has 6 nitrogen and oxygen atoms in total. The van der Waals surface area contributed by atoms with Gasteiger partial charge in [-0.3, -0.25) is 10.1 Å². The monoisotopic (exact) mass is 398 g/mol. The molecule has 0 atom stereocenters. The van der Waals surface area contributed by atoms with Crippen molar-refractivity contribution in [1.29, 1.82) is 0 Å². The molecule has 0 saturated heterocycles. The van der Waals surface area contributed by atoms with Crippen LogP contribution in [0.2, 0.25) is 0 Å². The first-order valence-electron chi connectivity index (χ1n) is 8.52. The molecule has 0 aliphatic heterocycles. The van der Waals surface area contributed by atoms with E-state index in [1.54, 1.807) is 24.2 Å². The summed E-state index contributed by atoms with van der Waals surface area (Å²) in [5.74, 6) is 2.06. The Morgan fingerprint density at radius 3 is 2.93 bits per heavy atom. The minimum Gasteiger partial charge on any atom is -0.445 e. The van der Waals surface area contributed by atoms with Crippen LogP contribution in [0.3, 0.4) is 0 Å². The number of carbonyl (C=O) groups excluding carboxylic acids is 1. The average molecular weight is 399 g/mol. The summed E-state index contributed by atoms with van der Waals surface area (Å²) >= 11 is 3.03. The van der Waals surface area contributed by atoms with Crippen molar-refractivity contribution >= 4 is 45.0 Å². The van der Waals surface area contributed by atoms with Crippen molar-refractivity contribution in [2.45, 2.75) is 23.3 Å². The van der Waals surface area contributed by atoms with E-state index in [4.69, 9.17) is 4.42 Å². The number of thioether (sulfide) groups is 1. The van der Waals surface area contributed by atoms with Crippen molar-refractivity contribution in [2.75, 3.05) is 5.32 Å². The highest BCUT2D eigenvalue weighted by Gasteiger charge is 2.15. The second-order valence-electron chi connectivity index (χ2n) is 5.95. The first-order valence-corrected chi connectivity index (χ1v) is 10.3. The highest BCUT2D eigenvalue weighted by molar-refractivity contribution is 8.00. The van der Waals surface area contributed by atoms with Crippen LogP contribution < -0.4 is 5.32 Å². The van der Waals surface area contributed by atoms with Crippen molar-refractivity contribution in [1.82, 2.24) is 14.5 Å². The molecule has 4 aromatic rings. The number of thiazole rings is 1. The molecular weight excluding hydrogens is 380 g/mol. The van der Waals surface area contributed by atoms with Crippen LogP contribution in [0.25, 0.3) is 10.9 Å². The number of hydrogen-bond donors (Lipinski definition) is 1. The van der Waals surface area contributed by atoms with Gasteiger partial charge in [0.25, 0.3) is 5.91 Å². The molecule has 138 valence electrons. The molecule has 1 amide bonds. The van der Waals surface area contributed by atoms with Crippen LogP contribution in [0.1, 0.15) is 29.1 Å². The molecule has 4 rings (SSSR count). The number of amides is 1. The van der Waals surface area contributed by atoms with Gasteiger partial charge in [-0.2, -0.15) is 0 Å². The number of hydrogen-bond acceptors (Lipinski definition) is 6. The largest absolute Gasteiger partial charge is 0.445 e. The van der Waals surface area contributed by atoms with E-state index in [1.165, 1.54) is 11.3 Å². The summed E-state index contributed by atoms with van der Waals surface area (Å²) in [6, 6.07) is 9.81. The van der Waals surface area contributed by atoms with Gasteiger partial charge in [-0.1, -0.05) is 36.5 Å². The van der Waals surface area contributed by atoms with Crippen LogP contribution in [-0.4, -0.2) is 20.4 Å². The number of rotatable bonds is 6. The van der Waals surface area contributed by atoms with Crippen LogP contribution in [0.5, 0.6) is 0 Å². The summed E-state index contributed by atoms with van der Waals surface area (Å²) in [7, 11) is 1.89. The predicted octanol–water partition coefficient (Wildman–Crippen LogP) is 4.73. The van der Waals surface area contributed by atoms with Gasteiger partial charge in [0.2, 0.25) is 5.89 Å². The molecule has 27 heavy (non-hydrogen) atoms. The maximum atomic E-state index is 12.6. The third-order valence-corrected chi connectivity index (χ3v) is 6.27. The fraction of sp³-hybridized carbons (Fsp3) is 0.211. The highest BCUT2D eigenvalue weighted by atomic mass is 32.2. The topological polar surface area (TPSA) is 73.0 Å². The summed E-state index contributed by atoms with van der Waals surface area (Å²) < 4.78 is 8.49. The Bertz CT molecular complexity index is 1100. The molecule has 1 N–H and O–H groups in total. The summed E-state index contributed by atoms with van der Waals surface area (Å²) in [5.41, 5.74) is 1.63. The van der Waals surface area contributed by atoms with Gasteiger partial charge in [-0.05, 0) is 12.1 Å². The fourth-order valence-corrected chi connectivity index (χ4v) is 4.48. The van der Waals surface area contributed by atoms with Crippen molar-refractivity contribution in [3.63, 3.8) is 0 Å². The maximum absolute atomic E-state index is 12.6. The molecule has 1 aromatic carbocycles. The molecule has 0 bridgehead atoms. The second-order valence-corrected chi connectivity index (χ2v) is 8.25. The van der Waals surface area contributed by atoms with E-state index in [2.05, 4.69) is 15.3 Å². The Labute approximate surface area is 164 Å². The SMILES string of the molecule is CCc1cnc(CSc2cnc(NC(=O)c3cc4ccccc4n3C)s2)o1. The summed E-state index contributed by atoms with van der Waals surface area (Å²) in [6.07, 6.45) is 4.36. The van der Waals surface area contributed by atoms with Crippen molar-refractivity contribution < 1.29 is 9.21 Å². The number of aromatic nitrogens is 3. The van der Waals surface area contributed by atoms with Crippen LogP contribution in [0.4, 0.5) is 5.13 Å². The van der Waals surface area contributed by atoms with E-state index in [1.807, 2.05) is 48.9 Å². The average Bonchev–Trinajstić information content (AvgIpc) is 3.39. The number of anilines is 1. The predicted molar refractivity (Wildman–Crippen MR) is 108 cm³/mol. The zero-order valence-electron chi connectivity index (χ0n) is 14.9. The Morgan fingerprint density at radius 1 is 1.30 bits per heavy atom. The van der Waals surface area contributed by atoms with E-state index in [0.29, 0.717) is 22.5 Å². The van der Waals surface area contributed by atoms with Gasteiger partial charge in [-0.15, -0.1) is 11.8 Å². The van der Waals surface area contributed by atoms with E-state index < -0.39 is 0 Å². The number of nitrogens with one attached hydrogen (secondary N) is 1. The third kappa shape index (κ3) is 3.77. The van der Waals surface area contributed by atoms with Crippen molar-refractivity contribution in [3.8, 4) is 0 Å². The minimum absolute atomic E-state index is 0.167. The van der Waals surface area contributed by atoms with E-state index >= 15 is 0 Å². The molecule has 0 unspecified atom stereocenters. The number of aryl methyl sites for hydroxylation is 2. The highest BCUT2D eigenvalue weighted by Crippen LogP contribution is 2.31. The zero-order valence-corrected chi connectivity index (χ0v) is 16.6. The van der Waals surface area contributed by atoms with Gasteiger partial charge in [0, 0.05) is 24.4 Å². The molecule has 0 spiro atoms. The lowest BCUT2D eigenvalue weighted by molar-refractivity contribution is 0.101. The van der Waals surface area contributed by atoms with E-state index in [-0.39, 0.29) is 5.91 Å². The normalized spacial score (nSPS) is 11.2. The number of para-hydroxylation sites is 1. The molecule has 0 saturated carbocycles. The number of fused-ring (bicyclic) bond motifs is 1. The first kappa shape index (κ1) is 17.8. The molecular formula is C19H18N4O2S2. The van der Waals surface area contributed by atoms with E-state index in [9.17, 15) is 4.79 Å². The Kier molecular flexibility index (Phi) is 5.00. The second kappa shape index (κ2) is 7.58. The van der Waals surface area contributed by atoms with Crippen LogP contribution >= 0.6 is 23.1 Å². The molecule has 0 radical (unpaired) electrons. The number of benzene rings is 1. The Hall–Kier alpha value is -2.58. The Balaban J connectivity index is 1.42. The van der Waals surface area contributed by atoms with Gasteiger partial charge in [0.05, 0.1) is 22.4 Å². The van der Waals surface area contributed by atoms with E-state index in [0.717, 1.165) is 27.3 Å². The number of oxazole rings is 1. The summed E-state index contributed by atoms with van der Waals surface area (Å²) in [5, 5.41) is 4.50. The third-order valence-electron chi connectivity index (χ3n) is 4.18. The van der Waals surface area contributed by atoms with Crippen LogP contribution in [-0.2, 0) is 19.2 Å². The van der Waals surface area contributed by atoms with Crippen molar-refractivity contribution in [3.05, 3.63) is 60.1 Å². The van der Waals surface area contributed by atoms with Crippen LogP contribution in [0.15, 0.2) is 51.4 Å². The quantitative estimate of drug-likeness (QED) is 0.475. The molecule has 3 heterocycles. The smallest absolute Gasteiger partial charge is 0.274 e. The first-order chi connectivity index (χ1) is 13.1. The lowest BCUT2D eigenvalue weighted by atomic mass is 10.2. The molecule has 0 fully saturated rings. The maximum Gasteiger partial charge on any atom is 0.274 e. The zero-order chi connectivity index (χ0) is 18.8. The Morgan fingerprint density at radius 2 is 2.15 bits per heavy atom. The molecule has 0 aliphatic rings. The standard InChI is InChI=1S/C19H18N4O2S2/c1-3-13-9-20-16(25-13)11-26-17-10-21-19(27-17)22-18(24)15-8-12-6-4-5-7-14(12)23(15)2/h4-10H,3,11H2,1-2H3,(H,21,22,24). The number of carbonyl (C=O) groups is 1. The number of nitrogens with zero attached hydrogens (tertiary/aromatic N) is 3.